The summed E-state index contributed by atoms with van der Waals surface area (Å²) in [6.07, 6.45) is 0.00879. The van der Waals surface area contributed by atoms with Crippen molar-refractivity contribution in [3.63, 3.8) is 0 Å². The number of anilines is 2. The lowest BCUT2D eigenvalue weighted by Gasteiger charge is -2.09. The summed E-state index contributed by atoms with van der Waals surface area (Å²) in [4.78, 5) is 24.7. The van der Waals surface area contributed by atoms with Crippen LogP contribution in [0.5, 0.6) is 0 Å². The van der Waals surface area contributed by atoms with Crippen LogP contribution in [0.2, 0.25) is 20.1 Å². The first-order valence-corrected chi connectivity index (χ1v) is 11.8. The van der Waals surface area contributed by atoms with Gasteiger partial charge in [0, 0.05) is 28.0 Å². The molecule has 0 unspecified atom stereocenters. The Bertz CT molecular complexity index is 1130. The summed E-state index contributed by atoms with van der Waals surface area (Å²) in [5.41, 5.74) is 1.03. The Kier molecular flexibility index (Phi) is 8.67. The summed E-state index contributed by atoms with van der Waals surface area (Å²) < 4.78 is 1.78. The molecular weight excluding hydrogens is 516 g/mol. The highest BCUT2D eigenvalue weighted by Gasteiger charge is 2.16. The highest BCUT2D eigenvalue weighted by molar-refractivity contribution is 7.99. The molecule has 0 radical (unpaired) electrons. The van der Waals surface area contributed by atoms with Gasteiger partial charge in [0.1, 0.15) is 5.82 Å². The van der Waals surface area contributed by atoms with E-state index in [1.165, 1.54) is 11.8 Å². The molecule has 0 aliphatic rings. The van der Waals surface area contributed by atoms with Crippen molar-refractivity contribution in [1.82, 2.24) is 14.8 Å². The molecule has 3 rings (SSSR count). The number of carbonyl (C=O) groups excluding carboxylic acids is 2. The third-order valence-electron chi connectivity index (χ3n) is 4.11. The Morgan fingerprint density at radius 3 is 2.25 bits per heavy atom. The molecule has 7 nitrogen and oxygen atoms in total. The van der Waals surface area contributed by atoms with E-state index in [2.05, 4.69) is 20.8 Å². The van der Waals surface area contributed by atoms with Crippen molar-refractivity contribution in [2.75, 3.05) is 16.4 Å². The van der Waals surface area contributed by atoms with E-state index < -0.39 is 0 Å². The zero-order valence-electron chi connectivity index (χ0n) is 16.7. The molecule has 168 valence electrons. The molecule has 3 aromatic rings. The monoisotopic (exact) mass is 531 g/mol. The van der Waals surface area contributed by atoms with Crippen LogP contribution in [0.25, 0.3) is 0 Å². The van der Waals surface area contributed by atoms with Crippen LogP contribution in [0.15, 0.2) is 41.6 Å². The lowest BCUT2D eigenvalue weighted by molar-refractivity contribution is -0.116. The highest BCUT2D eigenvalue weighted by Crippen LogP contribution is 2.26. The molecule has 32 heavy (non-hydrogen) atoms. The van der Waals surface area contributed by atoms with Gasteiger partial charge in [0.25, 0.3) is 0 Å². The molecular formula is C20H17Cl4N5O2S. The fourth-order valence-corrected chi connectivity index (χ4v) is 4.40. The number of rotatable bonds is 8. The van der Waals surface area contributed by atoms with Gasteiger partial charge in [-0.15, -0.1) is 10.2 Å². The topological polar surface area (TPSA) is 88.9 Å². The van der Waals surface area contributed by atoms with E-state index in [0.717, 1.165) is 0 Å². The number of benzene rings is 2. The smallest absolute Gasteiger partial charge is 0.234 e. The summed E-state index contributed by atoms with van der Waals surface area (Å²) in [6.45, 7) is 2.44. The number of hydrogen-bond donors (Lipinski definition) is 2. The molecule has 1 aromatic heterocycles. The van der Waals surface area contributed by atoms with Crippen molar-refractivity contribution in [1.29, 1.82) is 0 Å². The number of amides is 2. The molecule has 0 saturated heterocycles. The van der Waals surface area contributed by atoms with Crippen LogP contribution >= 0.6 is 58.2 Å². The zero-order chi connectivity index (χ0) is 23.3. The molecule has 2 N–H and O–H groups in total. The number of nitrogens with zero attached hydrogens (tertiary/aromatic N) is 3. The molecule has 0 saturated carbocycles. The van der Waals surface area contributed by atoms with Crippen LogP contribution in [0.4, 0.5) is 11.4 Å². The van der Waals surface area contributed by atoms with Gasteiger partial charge in [0.2, 0.25) is 11.8 Å². The minimum atomic E-state index is -0.280. The average molecular weight is 533 g/mol. The van der Waals surface area contributed by atoms with E-state index in [1.54, 1.807) is 41.0 Å². The number of halogens is 4. The van der Waals surface area contributed by atoms with Crippen LogP contribution in [0.3, 0.4) is 0 Å². The van der Waals surface area contributed by atoms with Crippen LogP contribution in [-0.2, 0) is 22.6 Å². The maximum absolute atomic E-state index is 12.4. The van der Waals surface area contributed by atoms with Crippen LogP contribution in [0.1, 0.15) is 12.7 Å². The Balaban J connectivity index is 1.59. The lowest BCUT2D eigenvalue weighted by Crippen LogP contribution is -2.18. The maximum atomic E-state index is 12.4. The van der Waals surface area contributed by atoms with Crippen molar-refractivity contribution in [3.05, 3.63) is 62.3 Å². The second-order valence-corrected chi connectivity index (χ2v) is 9.12. The minimum Gasteiger partial charge on any atom is -0.326 e. The molecule has 0 bridgehead atoms. The predicted molar refractivity (Wildman–Crippen MR) is 130 cm³/mol. The van der Waals surface area contributed by atoms with E-state index >= 15 is 0 Å². The molecule has 0 aliphatic heterocycles. The second-order valence-electron chi connectivity index (χ2n) is 6.49. The number of hydrogen-bond acceptors (Lipinski definition) is 5. The van der Waals surface area contributed by atoms with Crippen molar-refractivity contribution in [3.8, 4) is 0 Å². The summed E-state index contributed by atoms with van der Waals surface area (Å²) >= 11 is 25.0. The van der Waals surface area contributed by atoms with Crippen LogP contribution < -0.4 is 10.6 Å². The first kappa shape index (κ1) is 24.7. The number of thioether (sulfide) groups is 1. The van der Waals surface area contributed by atoms with E-state index in [0.29, 0.717) is 49.0 Å². The molecule has 0 spiro atoms. The Labute approximate surface area is 208 Å². The fourth-order valence-electron chi connectivity index (χ4n) is 2.75. The first-order valence-electron chi connectivity index (χ1n) is 9.31. The standard InChI is InChI=1S/C20H17Cl4N5O2S/c1-2-29-17(9-18(30)25-13-3-4-15(23)16(24)8-13)27-28-20(29)32-10-19(31)26-14-6-11(21)5-12(22)7-14/h3-8H,2,9-10H2,1H3,(H,25,30)(H,26,31). The third-order valence-corrected chi connectivity index (χ3v) is 6.25. The summed E-state index contributed by atoms with van der Waals surface area (Å²) in [7, 11) is 0. The Hall–Kier alpha value is -1.97. The van der Waals surface area contributed by atoms with Gasteiger partial charge < -0.3 is 15.2 Å². The summed E-state index contributed by atoms with van der Waals surface area (Å²) in [6, 6.07) is 9.62. The molecule has 0 aliphatic carbocycles. The van der Waals surface area contributed by atoms with Crippen molar-refractivity contribution in [2.24, 2.45) is 0 Å². The molecule has 12 heteroatoms. The van der Waals surface area contributed by atoms with E-state index in [4.69, 9.17) is 46.4 Å². The van der Waals surface area contributed by atoms with Gasteiger partial charge in [0.05, 0.1) is 22.2 Å². The van der Waals surface area contributed by atoms with Gasteiger partial charge in [-0.25, -0.2) is 0 Å². The fraction of sp³-hybridized carbons (Fsp3) is 0.200. The Morgan fingerprint density at radius 2 is 1.59 bits per heavy atom. The molecule has 2 aromatic carbocycles. The highest BCUT2D eigenvalue weighted by atomic mass is 35.5. The SMILES string of the molecule is CCn1c(CC(=O)Nc2ccc(Cl)c(Cl)c2)nnc1SCC(=O)Nc1cc(Cl)cc(Cl)c1. The van der Waals surface area contributed by atoms with E-state index in [-0.39, 0.29) is 24.0 Å². The molecule has 1 heterocycles. The summed E-state index contributed by atoms with van der Waals surface area (Å²) in [5, 5.41) is 15.8. The lowest BCUT2D eigenvalue weighted by atomic mass is 10.3. The van der Waals surface area contributed by atoms with Gasteiger partial charge in [-0.1, -0.05) is 58.2 Å². The quantitative estimate of drug-likeness (QED) is 0.356. The average Bonchev–Trinajstić information content (AvgIpc) is 3.09. The Morgan fingerprint density at radius 1 is 0.906 bits per heavy atom. The van der Waals surface area contributed by atoms with Crippen molar-refractivity contribution >= 4 is 81.4 Å². The normalized spacial score (nSPS) is 10.8. The second kappa shape index (κ2) is 11.2. The minimum absolute atomic E-state index is 0.00879. The molecule has 0 atom stereocenters. The van der Waals surface area contributed by atoms with Gasteiger partial charge >= 0.3 is 0 Å². The van der Waals surface area contributed by atoms with E-state index in [1.807, 2.05) is 6.92 Å². The zero-order valence-corrected chi connectivity index (χ0v) is 20.5. The van der Waals surface area contributed by atoms with Gasteiger partial charge in [-0.05, 0) is 43.3 Å². The number of nitrogens with one attached hydrogen (secondary N) is 2. The number of carbonyl (C=O) groups is 2. The molecule has 0 fully saturated rings. The van der Waals surface area contributed by atoms with Crippen LogP contribution in [0, 0.1) is 0 Å². The predicted octanol–water partition coefficient (Wildman–Crippen LogP) is 5.82. The number of aromatic nitrogens is 3. The van der Waals surface area contributed by atoms with Crippen molar-refractivity contribution in [2.45, 2.75) is 25.0 Å². The van der Waals surface area contributed by atoms with Gasteiger partial charge in [-0.2, -0.15) is 0 Å². The summed E-state index contributed by atoms with van der Waals surface area (Å²) in [5.74, 6) is 0.0441. The first-order chi connectivity index (χ1) is 15.2. The van der Waals surface area contributed by atoms with Crippen LogP contribution in [-0.4, -0.2) is 32.3 Å². The van der Waals surface area contributed by atoms with E-state index in [9.17, 15) is 9.59 Å². The molecule has 2 amide bonds. The third kappa shape index (κ3) is 6.76. The largest absolute Gasteiger partial charge is 0.326 e. The van der Waals surface area contributed by atoms with Gasteiger partial charge in [0.15, 0.2) is 5.16 Å². The maximum Gasteiger partial charge on any atom is 0.234 e. The van der Waals surface area contributed by atoms with Crippen molar-refractivity contribution < 1.29 is 9.59 Å². The van der Waals surface area contributed by atoms with Gasteiger partial charge in [-0.3, -0.25) is 9.59 Å².